The predicted octanol–water partition coefficient (Wildman–Crippen LogP) is 6.13. The molecule has 4 rings (SSSR count). The van der Waals surface area contributed by atoms with Gasteiger partial charge in [-0.1, -0.05) is 41.4 Å². The second kappa shape index (κ2) is 10.1. The molecule has 4 aromatic rings. The molecule has 3 aromatic carbocycles. The maximum absolute atomic E-state index is 12.7. The smallest absolute Gasteiger partial charge is 0.291 e. The number of hydrogen-bond donors (Lipinski definition) is 3. The fourth-order valence-electron chi connectivity index (χ4n) is 3.15. The second-order valence-corrected chi connectivity index (χ2v) is 8.30. The van der Waals surface area contributed by atoms with Crippen LogP contribution in [-0.2, 0) is 0 Å². The third-order valence-corrected chi connectivity index (χ3v) is 5.53. The minimum Gasteiger partial charge on any atom is -0.494 e. The number of anilines is 2. The van der Waals surface area contributed by atoms with Crippen LogP contribution in [0.3, 0.4) is 0 Å². The Morgan fingerprint density at radius 3 is 2.50 bits per heavy atom. The van der Waals surface area contributed by atoms with Gasteiger partial charge in [-0.2, -0.15) is 0 Å². The van der Waals surface area contributed by atoms with Crippen LogP contribution in [0.1, 0.15) is 20.9 Å². The summed E-state index contributed by atoms with van der Waals surface area (Å²) in [5.74, 6) is -0.376. The number of fused-ring (bicyclic) bond motifs is 1. The van der Waals surface area contributed by atoms with Gasteiger partial charge in [0.25, 0.3) is 11.8 Å². The summed E-state index contributed by atoms with van der Waals surface area (Å²) in [7, 11) is 1.47. The van der Waals surface area contributed by atoms with E-state index in [2.05, 4.69) is 16.0 Å². The third-order valence-electron chi connectivity index (χ3n) is 4.76. The molecule has 0 saturated heterocycles. The van der Waals surface area contributed by atoms with E-state index in [9.17, 15) is 9.59 Å². The summed E-state index contributed by atoms with van der Waals surface area (Å²) in [5, 5.41) is 9.70. The van der Waals surface area contributed by atoms with E-state index < -0.39 is 11.8 Å². The highest BCUT2D eigenvalue weighted by atomic mass is 35.5. The van der Waals surface area contributed by atoms with Crippen LogP contribution in [-0.4, -0.2) is 24.0 Å². The zero-order valence-electron chi connectivity index (χ0n) is 17.6. The summed E-state index contributed by atoms with van der Waals surface area (Å²) in [6.45, 7) is 0. The van der Waals surface area contributed by atoms with Crippen LogP contribution in [0.15, 0.2) is 71.1 Å². The average Bonchev–Trinajstić information content (AvgIpc) is 3.26. The summed E-state index contributed by atoms with van der Waals surface area (Å²) in [5.41, 5.74) is 1.77. The molecule has 0 aliphatic carbocycles. The lowest BCUT2D eigenvalue weighted by Gasteiger charge is -2.14. The molecule has 0 bridgehead atoms. The van der Waals surface area contributed by atoms with Gasteiger partial charge in [0, 0.05) is 22.2 Å². The Balaban J connectivity index is 1.44. The molecule has 1 heterocycles. The van der Waals surface area contributed by atoms with Crippen LogP contribution in [0.2, 0.25) is 10.0 Å². The van der Waals surface area contributed by atoms with Crippen molar-refractivity contribution in [3.63, 3.8) is 0 Å². The van der Waals surface area contributed by atoms with Crippen molar-refractivity contribution in [3.8, 4) is 5.75 Å². The summed E-state index contributed by atoms with van der Waals surface area (Å²) >= 11 is 17.2. The lowest BCUT2D eigenvalue weighted by atomic mass is 10.2. The van der Waals surface area contributed by atoms with Crippen LogP contribution >= 0.6 is 35.4 Å². The van der Waals surface area contributed by atoms with Crippen LogP contribution < -0.4 is 20.7 Å². The number of methoxy groups -OCH3 is 1. The number of carbonyl (C=O) groups is 2. The number of benzene rings is 3. The van der Waals surface area contributed by atoms with Crippen molar-refractivity contribution in [1.29, 1.82) is 0 Å². The Labute approximate surface area is 210 Å². The van der Waals surface area contributed by atoms with Crippen LogP contribution in [0, 0.1) is 0 Å². The normalized spacial score (nSPS) is 10.6. The molecule has 34 heavy (non-hydrogen) atoms. The lowest BCUT2D eigenvalue weighted by Crippen LogP contribution is -2.34. The molecule has 2 amide bonds. The average molecular weight is 514 g/mol. The first-order valence-electron chi connectivity index (χ1n) is 9.89. The topological polar surface area (TPSA) is 92.6 Å². The molecule has 1 aromatic heterocycles. The van der Waals surface area contributed by atoms with Crippen molar-refractivity contribution >= 4 is 74.7 Å². The van der Waals surface area contributed by atoms with Gasteiger partial charge in [0.05, 0.1) is 23.4 Å². The van der Waals surface area contributed by atoms with Gasteiger partial charge in [0.15, 0.2) is 10.9 Å². The Morgan fingerprint density at radius 1 is 0.941 bits per heavy atom. The molecular formula is C24H17Cl2N3O4S. The van der Waals surface area contributed by atoms with E-state index in [1.54, 1.807) is 36.4 Å². The molecule has 10 heteroatoms. The van der Waals surface area contributed by atoms with E-state index in [0.29, 0.717) is 27.7 Å². The van der Waals surface area contributed by atoms with Crippen molar-refractivity contribution in [2.75, 3.05) is 17.7 Å². The van der Waals surface area contributed by atoms with Gasteiger partial charge >= 0.3 is 0 Å². The van der Waals surface area contributed by atoms with Gasteiger partial charge in [0.2, 0.25) is 0 Å². The summed E-state index contributed by atoms with van der Waals surface area (Å²) in [4.78, 5) is 25.1. The minimum atomic E-state index is -0.508. The van der Waals surface area contributed by atoms with Gasteiger partial charge in [-0.15, -0.1) is 0 Å². The van der Waals surface area contributed by atoms with Crippen LogP contribution in [0.25, 0.3) is 11.0 Å². The molecule has 0 fully saturated rings. The summed E-state index contributed by atoms with van der Waals surface area (Å²) in [6.07, 6.45) is 0. The number of furan rings is 1. The first-order valence-corrected chi connectivity index (χ1v) is 11.1. The second-order valence-electron chi connectivity index (χ2n) is 7.05. The van der Waals surface area contributed by atoms with Crippen LogP contribution in [0.5, 0.6) is 5.75 Å². The number of rotatable bonds is 5. The van der Waals surface area contributed by atoms with Crippen LogP contribution in [0.4, 0.5) is 11.4 Å². The Bertz CT molecular complexity index is 1390. The van der Waals surface area contributed by atoms with E-state index in [-0.39, 0.29) is 21.5 Å². The lowest BCUT2D eigenvalue weighted by molar-refractivity contribution is 0.0975. The summed E-state index contributed by atoms with van der Waals surface area (Å²) in [6, 6.07) is 18.5. The van der Waals surface area contributed by atoms with Gasteiger partial charge in [-0.25, -0.2) is 0 Å². The van der Waals surface area contributed by atoms with Crippen molar-refractivity contribution in [2.45, 2.75) is 0 Å². The van der Waals surface area contributed by atoms with Crippen molar-refractivity contribution in [1.82, 2.24) is 5.32 Å². The van der Waals surface area contributed by atoms with Gasteiger partial charge in [-0.3, -0.25) is 14.9 Å². The van der Waals surface area contributed by atoms with Gasteiger partial charge in [0.1, 0.15) is 11.3 Å². The van der Waals surface area contributed by atoms with E-state index >= 15 is 0 Å². The highest BCUT2D eigenvalue weighted by molar-refractivity contribution is 7.80. The highest BCUT2D eigenvalue weighted by Crippen LogP contribution is 2.29. The number of para-hydroxylation sites is 1. The molecule has 7 nitrogen and oxygen atoms in total. The Hall–Kier alpha value is -3.59. The molecule has 172 valence electrons. The van der Waals surface area contributed by atoms with Crippen molar-refractivity contribution < 1.29 is 18.7 Å². The summed E-state index contributed by atoms with van der Waals surface area (Å²) < 4.78 is 11.0. The van der Waals surface area contributed by atoms with Crippen molar-refractivity contribution in [3.05, 3.63) is 88.1 Å². The monoisotopic (exact) mass is 513 g/mol. The first kappa shape index (κ1) is 23.6. The molecule has 0 aliphatic heterocycles. The van der Waals surface area contributed by atoms with Crippen molar-refractivity contribution in [2.24, 2.45) is 0 Å². The van der Waals surface area contributed by atoms with Gasteiger partial charge in [-0.05, 0) is 54.7 Å². The standard InChI is InChI=1S/C24H17Cl2N3O4S/c1-32-20-12-15(27-24(34)29-22(30)16-11-14(25)6-8-17(16)26)7-9-18(20)28-23(31)21-10-13-4-2-3-5-19(13)33-21/h2-12H,1H3,(H,28,31)(H2,27,29,30,34). The predicted molar refractivity (Wildman–Crippen MR) is 137 cm³/mol. The quantitative estimate of drug-likeness (QED) is 0.278. The fourth-order valence-corrected chi connectivity index (χ4v) is 3.74. The molecule has 0 aliphatic rings. The highest BCUT2D eigenvalue weighted by Gasteiger charge is 2.16. The molecule has 0 saturated carbocycles. The number of hydrogen-bond acceptors (Lipinski definition) is 5. The minimum absolute atomic E-state index is 0.0437. The Kier molecular flexibility index (Phi) is 7.02. The van der Waals surface area contributed by atoms with E-state index in [1.165, 1.54) is 19.2 Å². The zero-order valence-corrected chi connectivity index (χ0v) is 20.0. The number of nitrogens with one attached hydrogen (secondary N) is 3. The Morgan fingerprint density at radius 2 is 1.74 bits per heavy atom. The fraction of sp³-hybridized carbons (Fsp3) is 0.0417. The largest absolute Gasteiger partial charge is 0.494 e. The first-order chi connectivity index (χ1) is 16.3. The molecular weight excluding hydrogens is 497 g/mol. The molecule has 3 N–H and O–H groups in total. The van der Waals surface area contributed by atoms with E-state index in [1.807, 2.05) is 18.2 Å². The number of carbonyl (C=O) groups excluding carboxylic acids is 2. The molecule has 0 unspecified atom stereocenters. The molecule has 0 atom stereocenters. The van der Waals surface area contributed by atoms with Gasteiger partial charge < -0.3 is 19.8 Å². The number of halogens is 2. The maximum Gasteiger partial charge on any atom is 0.291 e. The number of thiocarbonyl (C=S) groups is 1. The number of amides is 2. The third kappa shape index (κ3) is 5.31. The number of ether oxygens (including phenoxy) is 1. The molecule has 0 radical (unpaired) electrons. The van der Waals surface area contributed by atoms with E-state index in [0.717, 1.165) is 5.39 Å². The molecule has 0 spiro atoms. The zero-order chi connectivity index (χ0) is 24.2. The maximum atomic E-state index is 12.7. The SMILES string of the molecule is COc1cc(NC(=S)NC(=O)c2cc(Cl)ccc2Cl)ccc1NC(=O)c1cc2ccccc2o1. The van der Waals surface area contributed by atoms with E-state index in [4.69, 9.17) is 44.6 Å².